The van der Waals surface area contributed by atoms with Gasteiger partial charge in [-0.1, -0.05) is 41.4 Å². The van der Waals surface area contributed by atoms with E-state index < -0.39 is 0 Å². The number of morpholine rings is 1. The zero-order valence-corrected chi connectivity index (χ0v) is 19.3. The molecule has 0 atom stereocenters. The molecule has 6 heteroatoms. The van der Waals surface area contributed by atoms with Gasteiger partial charge in [0.15, 0.2) is 11.5 Å². The first-order chi connectivity index (χ1) is 15.6. The summed E-state index contributed by atoms with van der Waals surface area (Å²) < 4.78 is 17.0. The molecule has 1 fully saturated rings. The van der Waals surface area contributed by atoms with E-state index in [2.05, 4.69) is 65.7 Å². The fraction of sp³-hybridized carbons (Fsp3) is 0.308. The lowest BCUT2D eigenvalue weighted by atomic mass is 10.1. The molecular formula is C26H29ClN2O3. The second-order valence-electron chi connectivity index (χ2n) is 7.88. The number of aryl methyl sites for hydroxylation is 1. The third kappa shape index (κ3) is 5.67. The van der Waals surface area contributed by atoms with Gasteiger partial charge in [0, 0.05) is 31.0 Å². The van der Waals surface area contributed by atoms with Gasteiger partial charge in [-0.25, -0.2) is 0 Å². The Kier molecular flexibility index (Phi) is 7.40. The molecule has 5 nitrogen and oxygen atoms in total. The van der Waals surface area contributed by atoms with Crippen molar-refractivity contribution in [2.24, 2.45) is 0 Å². The van der Waals surface area contributed by atoms with Gasteiger partial charge in [-0.2, -0.15) is 0 Å². The second kappa shape index (κ2) is 10.6. The summed E-state index contributed by atoms with van der Waals surface area (Å²) in [7, 11) is 1.63. The van der Waals surface area contributed by atoms with Gasteiger partial charge < -0.3 is 24.4 Å². The average Bonchev–Trinajstić information content (AvgIpc) is 2.83. The second-order valence-corrected chi connectivity index (χ2v) is 8.29. The highest BCUT2D eigenvalue weighted by molar-refractivity contribution is 6.32. The largest absolute Gasteiger partial charge is 0.493 e. The van der Waals surface area contributed by atoms with Crippen LogP contribution >= 0.6 is 11.6 Å². The SMILES string of the molecule is COc1cc(CNc2ccc(N3CCOCC3)cc2)cc(Cl)c1OCc1ccc(C)cc1. The summed E-state index contributed by atoms with van der Waals surface area (Å²) in [6, 6.07) is 20.6. The Bertz CT molecular complexity index is 1020. The number of nitrogens with one attached hydrogen (secondary N) is 1. The van der Waals surface area contributed by atoms with Crippen molar-refractivity contribution in [3.63, 3.8) is 0 Å². The van der Waals surface area contributed by atoms with Gasteiger partial charge >= 0.3 is 0 Å². The quantitative estimate of drug-likeness (QED) is 0.476. The predicted octanol–water partition coefficient (Wildman–Crippen LogP) is 5.68. The van der Waals surface area contributed by atoms with E-state index in [-0.39, 0.29) is 0 Å². The Morgan fingerprint density at radius 1 is 0.969 bits per heavy atom. The molecule has 1 aliphatic rings. The number of nitrogens with zero attached hydrogens (tertiary/aromatic N) is 1. The summed E-state index contributed by atoms with van der Waals surface area (Å²) in [5.74, 6) is 1.19. The van der Waals surface area contributed by atoms with Crippen LogP contribution in [0.3, 0.4) is 0 Å². The van der Waals surface area contributed by atoms with Crippen LogP contribution in [0.4, 0.5) is 11.4 Å². The number of anilines is 2. The molecule has 0 aromatic heterocycles. The lowest BCUT2D eigenvalue weighted by Gasteiger charge is -2.29. The van der Waals surface area contributed by atoms with Crippen LogP contribution < -0.4 is 19.7 Å². The van der Waals surface area contributed by atoms with Gasteiger partial charge in [0.1, 0.15) is 6.61 Å². The van der Waals surface area contributed by atoms with Crippen molar-refractivity contribution in [1.29, 1.82) is 0 Å². The fourth-order valence-corrected chi connectivity index (χ4v) is 3.96. The zero-order valence-electron chi connectivity index (χ0n) is 18.6. The maximum atomic E-state index is 6.54. The van der Waals surface area contributed by atoms with Crippen molar-refractivity contribution < 1.29 is 14.2 Å². The van der Waals surface area contributed by atoms with Crippen LogP contribution in [-0.2, 0) is 17.9 Å². The first-order valence-corrected chi connectivity index (χ1v) is 11.2. The summed E-state index contributed by atoms with van der Waals surface area (Å²) in [4.78, 5) is 2.34. The standard InChI is InChI=1S/C26H29ClN2O3/c1-19-3-5-20(6-4-19)18-32-26-24(27)15-21(16-25(26)30-2)17-28-22-7-9-23(10-8-22)29-11-13-31-14-12-29/h3-10,15-16,28H,11-14,17-18H2,1-2H3. The van der Waals surface area contributed by atoms with Crippen LogP contribution in [0.15, 0.2) is 60.7 Å². The van der Waals surface area contributed by atoms with Gasteiger partial charge in [-0.15, -0.1) is 0 Å². The first kappa shape index (κ1) is 22.3. The summed E-state index contributed by atoms with van der Waals surface area (Å²) in [5.41, 5.74) is 5.60. The molecule has 4 rings (SSSR count). The highest BCUT2D eigenvalue weighted by Gasteiger charge is 2.13. The monoisotopic (exact) mass is 452 g/mol. The third-order valence-corrected chi connectivity index (χ3v) is 5.81. The Hall–Kier alpha value is -2.89. The van der Waals surface area contributed by atoms with Crippen LogP contribution in [0.1, 0.15) is 16.7 Å². The Morgan fingerprint density at radius 2 is 1.69 bits per heavy atom. The predicted molar refractivity (Wildman–Crippen MR) is 130 cm³/mol. The fourth-order valence-electron chi connectivity index (χ4n) is 3.67. The Morgan fingerprint density at radius 3 is 2.38 bits per heavy atom. The molecule has 1 aliphatic heterocycles. The summed E-state index contributed by atoms with van der Waals surface area (Å²) >= 11 is 6.54. The summed E-state index contributed by atoms with van der Waals surface area (Å²) in [6.07, 6.45) is 0. The van der Waals surface area contributed by atoms with E-state index in [1.807, 2.05) is 12.1 Å². The molecule has 1 heterocycles. The summed E-state index contributed by atoms with van der Waals surface area (Å²) in [6.45, 7) is 6.57. The molecule has 0 aliphatic carbocycles. The number of methoxy groups -OCH3 is 1. The minimum atomic E-state index is 0.434. The van der Waals surface area contributed by atoms with Gasteiger partial charge in [-0.3, -0.25) is 0 Å². The van der Waals surface area contributed by atoms with E-state index in [0.29, 0.717) is 29.7 Å². The first-order valence-electron chi connectivity index (χ1n) is 10.8. The van der Waals surface area contributed by atoms with Gasteiger partial charge in [0.25, 0.3) is 0 Å². The number of ether oxygens (including phenoxy) is 3. The van der Waals surface area contributed by atoms with E-state index in [9.17, 15) is 0 Å². The number of halogens is 1. The van der Waals surface area contributed by atoms with E-state index in [4.69, 9.17) is 25.8 Å². The van der Waals surface area contributed by atoms with E-state index in [1.54, 1.807) is 7.11 Å². The van der Waals surface area contributed by atoms with Crippen molar-refractivity contribution in [1.82, 2.24) is 0 Å². The number of hydrogen-bond donors (Lipinski definition) is 1. The lowest BCUT2D eigenvalue weighted by molar-refractivity contribution is 0.122. The van der Waals surface area contributed by atoms with Crippen LogP contribution in [0.5, 0.6) is 11.5 Å². The lowest BCUT2D eigenvalue weighted by Crippen LogP contribution is -2.36. The molecule has 0 unspecified atom stereocenters. The molecule has 1 saturated heterocycles. The topological polar surface area (TPSA) is 43.0 Å². The minimum absolute atomic E-state index is 0.434. The molecule has 32 heavy (non-hydrogen) atoms. The summed E-state index contributed by atoms with van der Waals surface area (Å²) in [5, 5.41) is 3.99. The Balaban J connectivity index is 1.38. The molecule has 0 bridgehead atoms. The van der Waals surface area contributed by atoms with Crippen LogP contribution in [0.2, 0.25) is 5.02 Å². The normalized spacial score (nSPS) is 13.7. The van der Waals surface area contributed by atoms with Crippen molar-refractivity contribution in [2.75, 3.05) is 43.6 Å². The van der Waals surface area contributed by atoms with Gasteiger partial charge in [-0.05, 0) is 54.4 Å². The molecule has 3 aromatic rings. The molecule has 0 radical (unpaired) electrons. The van der Waals surface area contributed by atoms with Crippen molar-refractivity contribution in [3.8, 4) is 11.5 Å². The number of rotatable bonds is 8. The number of benzene rings is 3. The average molecular weight is 453 g/mol. The molecule has 3 aromatic carbocycles. The number of hydrogen-bond acceptors (Lipinski definition) is 5. The molecule has 0 saturated carbocycles. The maximum Gasteiger partial charge on any atom is 0.180 e. The third-order valence-electron chi connectivity index (χ3n) is 5.53. The smallest absolute Gasteiger partial charge is 0.180 e. The van der Waals surface area contributed by atoms with Crippen molar-refractivity contribution in [3.05, 3.63) is 82.4 Å². The molecular weight excluding hydrogens is 424 g/mol. The van der Waals surface area contributed by atoms with E-state index >= 15 is 0 Å². The minimum Gasteiger partial charge on any atom is -0.493 e. The van der Waals surface area contributed by atoms with Gasteiger partial charge in [0.05, 0.1) is 25.3 Å². The van der Waals surface area contributed by atoms with Crippen molar-refractivity contribution >= 4 is 23.0 Å². The van der Waals surface area contributed by atoms with Crippen LogP contribution in [0, 0.1) is 6.92 Å². The van der Waals surface area contributed by atoms with Gasteiger partial charge in [0.2, 0.25) is 0 Å². The molecule has 0 spiro atoms. The molecule has 0 amide bonds. The van der Waals surface area contributed by atoms with Crippen LogP contribution in [-0.4, -0.2) is 33.4 Å². The highest BCUT2D eigenvalue weighted by atomic mass is 35.5. The maximum absolute atomic E-state index is 6.54. The molecule has 168 valence electrons. The highest BCUT2D eigenvalue weighted by Crippen LogP contribution is 2.37. The van der Waals surface area contributed by atoms with Crippen LogP contribution in [0.25, 0.3) is 0 Å². The van der Waals surface area contributed by atoms with E-state index in [0.717, 1.165) is 43.1 Å². The van der Waals surface area contributed by atoms with E-state index in [1.165, 1.54) is 11.3 Å². The van der Waals surface area contributed by atoms with Crippen molar-refractivity contribution in [2.45, 2.75) is 20.1 Å². The zero-order chi connectivity index (χ0) is 22.3. The molecule has 1 N–H and O–H groups in total. The Labute approximate surface area is 194 Å².